The van der Waals surface area contributed by atoms with Gasteiger partial charge in [-0.25, -0.2) is 9.78 Å². The van der Waals surface area contributed by atoms with E-state index in [1.807, 2.05) is 24.3 Å². The highest BCUT2D eigenvalue weighted by Gasteiger charge is 2.41. The highest BCUT2D eigenvalue weighted by atomic mass is 16.6. The molecule has 1 aromatic heterocycles. The van der Waals surface area contributed by atoms with Crippen molar-refractivity contribution >= 4 is 17.7 Å². The number of esters is 1. The SMILES string of the molecule is CCOC(=O)C1Oc2cccnc2N(Cc2ccc(OC)cc2)C1=O. The Morgan fingerprint density at radius 3 is 2.72 bits per heavy atom. The van der Waals surface area contributed by atoms with Gasteiger partial charge in [-0.15, -0.1) is 0 Å². The number of hydrogen-bond acceptors (Lipinski definition) is 6. The zero-order valence-electron chi connectivity index (χ0n) is 14.0. The summed E-state index contributed by atoms with van der Waals surface area (Å²) in [5.74, 6) is 0.264. The lowest BCUT2D eigenvalue weighted by molar-refractivity contribution is -0.156. The quantitative estimate of drug-likeness (QED) is 0.610. The van der Waals surface area contributed by atoms with E-state index in [4.69, 9.17) is 14.2 Å². The number of aromatic nitrogens is 1. The third-order valence-electron chi connectivity index (χ3n) is 3.74. The van der Waals surface area contributed by atoms with E-state index in [1.54, 1.807) is 32.4 Å². The van der Waals surface area contributed by atoms with Crippen LogP contribution in [-0.4, -0.2) is 36.7 Å². The number of rotatable bonds is 5. The Morgan fingerprint density at radius 1 is 1.28 bits per heavy atom. The highest BCUT2D eigenvalue weighted by Crippen LogP contribution is 2.33. The lowest BCUT2D eigenvalue weighted by atomic mass is 10.1. The molecule has 7 nitrogen and oxygen atoms in total. The molecule has 1 atom stereocenters. The van der Waals surface area contributed by atoms with Gasteiger partial charge in [-0.2, -0.15) is 0 Å². The highest BCUT2D eigenvalue weighted by molar-refractivity contribution is 6.10. The van der Waals surface area contributed by atoms with Gasteiger partial charge >= 0.3 is 5.97 Å². The van der Waals surface area contributed by atoms with Crippen molar-refractivity contribution in [3.63, 3.8) is 0 Å². The first kappa shape index (κ1) is 16.8. The third-order valence-corrected chi connectivity index (χ3v) is 3.74. The van der Waals surface area contributed by atoms with Crippen LogP contribution in [0.4, 0.5) is 5.82 Å². The minimum absolute atomic E-state index is 0.171. The van der Waals surface area contributed by atoms with Gasteiger partial charge < -0.3 is 14.2 Å². The second-order valence-corrected chi connectivity index (χ2v) is 5.35. The summed E-state index contributed by atoms with van der Waals surface area (Å²) in [5, 5.41) is 0. The van der Waals surface area contributed by atoms with Crippen molar-refractivity contribution in [2.24, 2.45) is 0 Å². The van der Waals surface area contributed by atoms with Gasteiger partial charge in [-0.3, -0.25) is 9.69 Å². The first-order valence-corrected chi connectivity index (χ1v) is 7.86. The Bertz CT molecular complexity index is 775. The van der Waals surface area contributed by atoms with Crippen molar-refractivity contribution in [2.75, 3.05) is 18.6 Å². The molecule has 0 fully saturated rings. The fraction of sp³-hybridized carbons (Fsp3) is 0.278. The monoisotopic (exact) mass is 342 g/mol. The second-order valence-electron chi connectivity index (χ2n) is 5.35. The van der Waals surface area contributed by atoms with E-state index < -0.39 is 18.0 Å². The summed E-state index contributed by atoms with van der Waals surface area (Å²) in [6.07, 6.45) is 0.246. The molecule has 2 heterocycles. The number of hydrogen-bond donors (Lipinski definition) is 0. The number of methoxy groups -OCH3 is 1. The summed E-state index contributed by atoms with van der Waals surface area (Å²) in [6, 6.07) is 10.7. The third kappa shape index (κ3) is 3.40. The molecule has 0 spiro atoms. The molecule has 130 valence electrons. The number of carbonyl (C=O) groups is 2. The van der Waals surface area contributed by atoms with Gasteiger partial charge in [0.25, 0.3) is 12.0 Å². The van der Waals surface area contributed by atoms with Crippen LogP contribution < -0.4 is 14.4 Å². The summed E-state index contributed by atoms with van der Waals surface area (Å²) in [5.41, 5.74) is 0.871. The molecule has 0 bridgehead atoms. The van der Waals surface area contributed by atoms with E-state index in [1.165, 1.54) is 4.90 Å². The summed E-state index contributed by atoms with van der Waals surface area (Å²) < 4.78 is 15.6. The van der Waals surface area contributed by atoms with Crippen molar-refractivity contribution in [1.29, 1.82) is 0 Å². The molecule has 2 aromatic rings. The molecular formula is C18H18N2O5. The standard InChI is InChI=1S/C18H18N2O5/c1-3-24-18(22)15-17(21)20(16-14(25-15)5-4-10-19-16)11-12-6-8-13(23-2)9-7-12/h4-10,15H,3,11H2,1-2H3. The largest absolute Gasteiger partial charge is 0.497 e. The zero-order valence-corrected chi connectivity index (χ0v) is 14.0. The Labute approximate surface area is 145 Å². The molecule has 1 aromatic carbocycles. The van der Waals surface area contributed by atoms with Crippen LogP contribution >= 0.6 is 0 Å². The average molecular weight is 342 g/mol. The van der Waals surface area contributed by atoms with Crippen LogP contribution in [-0.2, 0) is 20.9 Å². The number of pyridine rings is 1. The van der Waals surface area contributed by atoms with Crippen LogP contribution in [0.5, 0.6) is 11.5 Å². The minimum Gasteiger partial charge on any atom is -0.497 e. The Morgan fingerprint density at radius 2 is 2.04 bits per heavy atom. The molecule has 0 radical (unpaired) electrons. The number of anilines is 1. The van der Waals surface area contributed by atoms with Gasteiger partial charge in [0.15, 0.2) is 11.6 Å². The average Bonchev–Trinajstić information content (AvgIpc) is 2.64. The molecule has 1 amide bonds. The topological polar surface area (TPSA) is 78.0 Å². The number of ether oxygens (including phenoxy) is 3. The van der Waals surface area contributed by atoms with Gasteiger partial charge in [-0.1, -0.05) is 12.1 Å². The molecule has 1 aliphatic rings. The number of carbonyl (C=O) groups excluding carboxylic acids is 2. The summed E-state index contributed by atoms with van der Waals surface area (Å²) >= 11 is 0. The van der Waals surface area contributed by atoms with Gasteiger partial charge in [0.05, 0.1) is 20.3 Å². The fourth-order valence-electron chi connectivity index (χ4n) is 2.53. The molecule has 3 rings (SSSR count). The molecule has 0 aliphatic carbocycles. The smallest absolute Gasteiger partial charge is 0.357 e. The molecule has 1 unspecified atom stereocenters. The van der Waals surface area contributed by atoms with E-state index in [0.717, 1.165) is 11.3 Å². The van der Waals surface area contributed by atoms with Crippen LogP contribution in [0.1, 0.15) is 12.5 Å². The van der Waals surface area contributed by atoms with Gasteiger partial charge in [0.1, 0.15) is 5.75 Å². The predicted molar refractivity (Wildman–Crippen MR) is 89.5 cm³/mol. The van der Waals surface area contributed by atoms with Crippen molar-refractivity contribution in [3.8, 4) is 11.5 Å². The normalized spacial score (nSPS) is 16.0. The molecular weight excluding hydrogens is 324 g/mol. The van der Waals surface area contributed by atoms with Crippen molar-refractivity contribution in [3.05, 3.63) is 48.2 Å². The van der Waals surface area contributed by atoms with E-state index >= 15 is 0 Å². The molecule has 0 saturated heterocycles. The predicted octanol–water partition coefficient (Wildman–Crippen LogP) is 1.95. The molecule has 0 N–H and O–H groups in total. The number of nitrogens with zero attached hydrogens (tertiary/aromatic N) is 2. The van der Waals surface area contributed by atoms with Crippen LogP contribution in [0.25, 0.3) is 0 Å². The maximum atomic E-state index is 12.8. The van der Waals surface area contributed by atoms with E-state index in [0.29, 0.717) is 11.6 Å². The second kappa shape index (κ2) is 7.21. The van der Waals surface area contributed by atoms with Crippen LogP contribution in [0.3, 0.4) is 0 Å². The number of fused-ring (bicyclic) bond motifs is 1. The van der Waals surface area contributed by atoms with E-state index in [2.05, 4.69) is 4.98 Å². The lowest BCUT2D eigenvalue weighted by Crippen LogP contribution is -2.50. The maximum absolute atomic E-state index is 12.8. The lowest BCUT2D eigenvalue weighted by Gasteiger charge is -2.32. The molecule has 7 heteroatoms. The molecule has 0 saturated carbocycles. The number of benzene rings is 1. The fourth-order valence-corrected chi connectivity index (χ4v) is 2.53. The van der Waals surface area contributed by atoms with Crippen LogP contribution in [0.2, 0.25) is 0 Å². The van der Waals surface area contributed by atoms with Gasteiger partial charge in [-0.05, 0) is 36.8 Å². The Kier molecular flexibility index (Phi) is 4.83. The van der Waals surface area contributed by atoms with E-state index in [9.17, 15) is 9.59 Å². The van der Waals surface area contributed by atoms with Gasteiger partial charge in [0, 0.05) is 6.20 Å². The molecule has 25 heavy (non-hydrogen) atoms. The minimum atomic E-state index is -1.32. The van der Waals surface area contributed by atoms with E-state index in [-0.39, 0.29) is 13.2 Å². The van der Waals surface area contributed by atoms with Crippen LogP contribution in [0, 0.1) is 0 Å². The van der Waals surface area contributed by atoms with Crippen LogP contribution in [0.15, 0.2) is 42.6 Å². The summed E-state index contributed by atoms with van der Waals surface area (Å²) in [7, 11) is 1.59. The summed E-state index contributed by atoms with van der Waals surface area (Å²) in [6.45, 7) is 2.10. The van der Waals surface area contributed by atoms with Crippen molar-refractivity contribution in [1.82, 2.24) is 4.98 Å². The Balaban J connectivity index is 1.91. The zero-order chi connectivity index (χ0) is 17.8. The number of amides is 1. The van der Waals surface area contributed by atoms with Crippen molar-refractivity contribution < 1.29 is 23.8 Å². The first-order valence-electron chi connectivity index (χ1n) is 7.86. The molecule has 1 aliphatic heterocycles. The first-order chi connectivity index (χ1) is 12.1. The van der Waals surface area contributed by atoms with Crippen molar-refractivity contribution in [2.45, 2.75) is 19.6 Å². The van der Waals surface area contributed by atoms with Gasteiger partial charge in [0.2, 0.25) is 0 Å². The maximum Gasteiger partial charge on any atom is 0.357 e. The Hall–Kier alpha value is -3.09. The summed E-state index contributed by atoms with van der Waals surface area (Å²) in [4.78, 5) is 30.5.